The lowest BCUT2D eigenvalue weighted by Gasteiger charge is -2.23. The smallest absolute Gasteiger partial charge is 0.147 e. The summed E-state index contributed by atoms with van der Waals surface area (Å²) in [5.74, 6) is 1.73. The average molecular weight is 344 g/mol. The number of hydrogen-bond donors (Lipinski definition) is 2. The lowest BCUT2D eigenvalue weighted by Crippen LogP contribution is -2.17. The second-order valence-electron chi connectivity index (χ2n) is 5.06. The topological polar surface area (TPSA) is 37.0 Å². The molecule has 2 rings (SSSR count). The Kier molecular flexibility index (Phi) is 5.73. The van der Waals surface area contributed by atoms with Crippen LogP contribution in [0.25, 0.3) is 0 Å². The van der Waals surface area contributed by atoms with E-state index in [1.807, 2.05) is 6.92 Å². The Bertz CT molecular complexity index is 585. The standard InChI is InChI=1S/C15H19Cl2N3S/c1-4-18-14-10(16)8-11(17)15(20-14)19-13(9(2)3)12-6-5-7-21-12/h5-9,13H,4H2,1-3H3,(H2,18,19,20). The van der Waals surface area contributed by atoms with E-state index in [9.17, 15) is 0 Å². The Morgan fingerprint density at radius 1 is 1.24 bits per heavy atom. The van der Waals surface area contributed by atoms with Gasteiger partial charge in [0.2, 0.25) is 0 Å². The van der Waals surface area contributed by atoms with Crippen LogP contribution in [0.3, 0.4) is 0 Å². The molecule has 0 saturated carbocycles. The molecule has 0 fully saturated rings. The summed E-state index contributed by atoms with van der Waals surface area (Å²) in [4.78, 5) is 5.78. The summed E-state index contributed by atoms with van der Waals surface area (Å²) in [7, 11) is 0. The van der Waals surface area contributed by atoms with Crippen molar-refractivity contribution < 1.29 is 0 Å². The van der Waals surface area contributed by atoms with E-state index in [4.69, 9.17) is 23.2 Å². The van der Waals surface area contributed by atoms with Crippen molar-refractivity contribution in [1.82, 2.24) is 4.98 Å². The molecule has 3 nitrogen and oxygen atoms in total. The number of nitrogens with zero attached hydrogens (tertiary/aromatic N) is 1. The molecule has 0 spiro atoms. The zero-order chi connectivity index (χ0) is 15.4. The highest BCUT2D eigenvalue weighted by Crippen LogP contribution is 2.34. The van der Waals surface area contributed by atoms with Gasteiger partial charge in [-0.05, 0) is 30.4 Å². The van der Waals surface area contributed by atoms with Gasteiger partial charge in [-0.3, -0.25) is 0 Å². The highest BCUT2D eigenvalue weighted by atomic mass is 35.5. The maximum absolute atomic E-state index is 6.28. The van der Waals surface area contributed by atoms with E-state index in [2.05, 4.69) is 47.0 Å². The molecule has 2 N–H and O–H groups in total. The lowest BCUT2D eigenvalue weighted by molar-refractivity contribution is 0.552. The predicted molar refractivity (Wildman–Crippen MR) is 93.9 cm³/mol. The van der Waals surface area contributed by atoms with Gasteiger partial charge in [0.25, 0.3) is 0 Å². The number of thiophene rings is 1. The number of rotatable bonds is 6. The predicted octanol–water partition coefficient (Wildman–Crippen LogP) is 5.69. The first-order valence-corrected chi connectivity index (χ1v) is 8.56. The molecule has 0 aliphatic heterocycles. The first-order chi connectivity index (χ1) is 10.0. The Balaban J connectivity index is 2.30. The Hall–Kier alpha value is -0.970. The highest BCUT2D eigenvalue weighted by Gasteiger charge is 2.19. The molecule has 6 heteroatoms. The molecule has 0 aliphatic rings. The fourth-order valence-corrected chi connectivity index (χ4v) is 3.47. The van der Waals surface area contributed by atoms with E-state index in [-0.39, 0.29) is 6.04 Å². The minimum Gasteiger partial charge on any atom is -0.369 e. The second kappa shape index (κ2) is 7.34. The van der Waals surface area contributed by atoms with E-state index in [1.165, 1.54) is 4.88 Å². The van der Waals surface area contributed by atoms with E-state index >= 15 is 0 Å². The van der Waals surface area contributed by atoms with Crippen LogP contribution in [0.5, 0.6) is 0 Å². The van der Waals surface area contributed by atoms with Crippen LogP contribution in [0.4, 0.5) is 11.6 Å². The van der Waals surface area contributed by atoms with Crippen molar-refractivity contribution in [3.8, 4) is 0 Å². The summed E-state index contributed by atoms with van der Waals surface area (Å²) in [6.07, 6.45) is 0. The summed E-state index contributed by atoms with van der Waals surface area (Å²) in [5.41, 5.74) is 0. The van der Waals surface area contributed by atoms with Gasteiger partial charge < -0.3 is 10.6 Å². The van der Waals surface area contributed by atoms with Crippen molar-refractivity contribution in [2.75, 3.05) is 17.2 Å². The zero-order valence-corrected chi connectivity index (χ0v) is 14.6. The van der Waals surface area contributed by atoms with Crippen molar-refractivity contribution in [1.29, 1.82) is 0 Å². The molecule has 21 heavy (non-hydrogen) atoms. The molecule has 0 amide bonds. The first kappa shape index (κ1) is 16.4. The summed E-state index contributed by atoms with van der Waals surface area (Å²) in [6.45, 7) is 7.10. The number of hydrogen-bond acceptors (Lipinski definition) is 4. The molecular weight excluding hydrogens is 325 g/mol. The van der Waals surface area contributed by atoms with Crippen molar-refractivity contribution in [3.63, 3.8) is 0 Å². The van der Waals surface area contributed by atoms with Crippen LogP contribution in [-0.4, -0.2) is 11.5 Å². The fraction of sp³-hybridized carbons (Fsp3) is 0.400. The molecule has 0 bridgehead atoms. The van der Waals surface area contributed by atoms with Crippen LogP contribution in [0.15, 0.2) is 23.6 Å². The molecule has 114 valence electrons. The van der Waals surface area contributed by atoms with Crippen LogP contribution in [0, 0.1) is 5.92 Å². The second-order valence-corrected chi connectivity index (χ2v) is 6.85. The normalized spacial score (nSPS) is 12.5. The molecule has 0 saturated heterocycles. The molecule has 2 aromatic heterocycles. The van der Waals surface area contributed by atoms with Crippen LogP contribution < -0.4 is 10.6 Å². The van der Waals surface area contributed by atoms with Gasteiger partial charge in [-0.25, -0.2) is 4.98 Å². The lowest BCUT2D eigenvalue weighted by atomic mass is 10.0. The third kappa shape index (κ3) is 4.02. The van der Waals surface area contributed by atoms with Gasteiger partial charge in [-0.2, -0.15) is 0 Å². The fourth-order valence-electron chi connectivity index (χ4n) is 2.04. The number of anilines is 2. The van der Waals surface area contributed by atoms with Crippen LogP contribution in [0.2, 0.25) is 10.0 Å². The van der Waals surface area contributed by atoms with Gasteiger partial charge in [-0.1, -0.05) is 43.1 Å². The molecule has 1 unspecified atom stereocenters. The molecule has 0 radical (unpaired) electrons. The monoisotopic (exact) mass is 343 g/mol. The quantitative estimate of drug-likeness (QED) is 0.707. The van der Waals surface area contributed by atoms with Crippen molar-refractivity contribution >= 4 is 46.2 Å². The first-order valence-electron chi connectivity index (χ1n) is 6.92. The van der Waals surface area contributed by atoms with Gasteiger partial charge in [0.05, 0.1) is 16.1 Å². The Morgan fingerprint density at radius 2 is 1.95 bits per heavy atom. The zero-order valence-electron chi connectivity index (χ0n) is 12.3. The Labute approximate surface area is 139 Å². The van der Waals surface area contributed by atoms with Crippen LogP contribution >= 0.6 is 34.5 Å². The largest absolute Gasteiger partial charge is 0.369 e. The third-order valence-corrected chi connectivity index (χ3v) is 4.61. The average Bonchev–Trinajstić information content (AvgIpc) is 2.94. The minimum atomic E-state index is 0.172. The van der Waals surface area contributed by atoms with E-state index in [1.54, 1.807) is 17.4 Å². The molecule has 1 atom stereocenters. The molecule has 2 heterocycles. The summed E-state index contributed by atoms with van der Waals surface area (Å²) < 4.78 is 0. The van der Waals surface area contributed by atoms with Gasteiger partial charge in [0, 0.05) is 11.4 Å². The maximum Gasteiger partial charge on any atom is 0.147 e. The van der Waals surface area contributed by atoms with Gasteiger partial charge in [0.15, 0.2) is 0 Å². The molecular formula is C15H19Cl2N3S. The summed E-state index contributed by atoms with van der Waals surface area (Å²) in [6, 6.07) is 6.07. The van der Waals surface area contributed by atoms with Gasteiger partial charge in [0.1, 0.15) is 11.6 Å². The molecule has 0 aromatic carbocycles. The van der Waals surface area contributed by atoms with Crippen LogP contribution in [-0.2, 0) is 0 Å². The summed E-state index contributed by atoms with van der Waals surface area (Å²) in [5, 5.41) is 9.73. The van der Waals surface area contributed by atoms with Crippen molar-refractivity contribution in [2.45, 2.75) is 26.8 Å². The number of nitrogens with one attached hydrogen (secondary N) is 2. The van der Waals surface area contributed by atoms with E-state index in [0.29, 0.717) is 27.6 Å². The van der Waals surface area contributed by atoms with E-state index < -0.39 is 0 Å². The van der Waals surface area contributed by atoms with Crippen LogP contribution in [0.1, 0.15) is 31.7 Å². The van der Waals surface area contributed by atoms with Crippen molar-refractivity contribution in [2.24, 2.45) is 5.92 Å². The third-order valence-electron chi connectivity index (χ3n) is 3.08. The van der Waals surface area contributed by atoms with Gasteiger partial charge in [-0.15, -0.1) is 11.3 Å². The number of pyridine rings is 1. The number of halogens is 2. The van der Waals surface area contributed by atoms with Gasteiger partial charge >= 0.3 is 0 Å². The van der Waals surface area contributed by atoms with Crippen molar-refractivity contribution in [3.05, 3.63) is 38.5 Å². The Morgan fingerprint density at radius 3 is 2.52 bits per heavy atom. The number of aromatic nitrogens is 1. The molecule has 2 aromatic rings. The summed E-state index contributed by atoms with van der Waals surface area (Å²) >= 11 is 14.1. The maximum atomic E-state index is 6.28. The SMILES string of the molecule is CCNc1nc(NC(c2cccs2)C(C)C)c(Cl)cc1Cl. The highest BCUT2D eigenvalue weighted by molar-refractivity contribution is 7.10. The van der Waals surface area contributed by atoms with E-state index in [0.717, 1.165) is 6.54 Å². The minimum absolute atomic E-state index is 0.172. The molecule has 0 aliphatic carbocycles.